The predicted molar refractivity (Wildman–Crippen MR) is 114 cm³/mol. The Hall–Kier alpha value is -2.60. The second-order valence-electron chi connectivity index (χ2n) is 7.56. The molecule has 2 aromatic rings. The molecule has 0 atom stereocenters. The zero-order valence-electron chi connectivity index (χ0n) is 16.4. The number of carbonyl (C=O) groups is 2. The van der Waals surface area contributed by atoms with Crippen LogP contribution in [0, 0.1) is 0 Å². The van der Waals surface area contributed by atoms with Crippen molar-refractivity contribution in [3.8, 4) is 11.3 Å². The minimum atomic E-state index is -0.141. The molecule has 1 aliphatic heterocycles. The fourth-order valence-corrected chi connectivity index (χ4v) is 4.00. The summed E-state index contributed by atoms with van der Waals surface area (Å²) in [7, 11) is 0. The van der Waals surface area contributed by atoms with Gasteiger partial charge in [0, 0.05) is 29.6 Å². The lowest BCUT2D eigenvalue weighted by Crippen LogP contribution is -2.44. The van der Waals surface area contributed by atoms with Crippen LogP contribution in [-0.4, -0.2) is 34.7 Å². The highest BCUT2D eigenvalue weighted by Crippen LogP contribution is 2.28. The number of allylic oxidation sites excluding steroid dienone is 1. The summed E-state index contributed by atoms with van der Waals surface area (Å²) in [5.74, 6) is 0.471. The molecule has 0 bridgehead atoms. The highest BCUT2D eigenvalue weighted by Gasteiger charge is 2.28. The fourth-order valence-electron chi connectivity index (χ4n) is 3.88. The number of nitrogens with zero attached hydrogens (tertiary/aromatic N) is 3. The van der Waals surface area contributed by atoms with Gasteiger partial charge in [0.15, 0.2) is 0 Å². The van der Waals surface area contributed by atoms with Crippen LogP contribution in [0.1, 0.15) is 38.5 Å². The zero-order valence-corrected chi connectivity index (χ0v) is 17.1. The molecule has 2 heterocycles. The van der Waals surface area contributed by atoms with Gasteiger partial charge in [-0.2, -0.15) is 5.10 Å². The van der Waals surface area contributed by atoms with Crippen molar-refractivity contribution in [3.05, 3.63) is 47.0 Å². The van der Waals surface area contributed by atoms with E-state index in [1.807, 2.05) is 30.3 Å². The number of anilines is 1. The van der Waals surface area contributed by atoms with E-state index in [1.165, 1.54) is 23.3 Å². The van der Waals surface area contributed by atoms with Crippen molar-refractivity contribution >= 4 is 29.2 Å². The van der Waals surface area contributed by atoms with Crippen LogP contribution in [0.2, 0.25) is 5.02 Å². The van der Waals surface area contributed by atoms with E-state index in [-0.39, 0.29) is 18.4 Å². The van der Waals surface area contributed by atoms with E-state index >= 15 is 0 Å². The minimum Gasteiger partial charge on any atom is -0.354 e. The second kappa shape index (κ2) is 8.82. The van der Waals surface area contributed by atoms with E-state index in [2.05, 4.69) is 16.5 Å². The zero-order chi connectivity index (χ0) is 20.2. The second-order valence-corrected chi connectivity index (χ2v) is 7.99. The number of rotatable bonds is 6. The highest BCUT2D eigenvalue weighted by molar-refractivity contribution is 6.30. The van der Waals surface area contributed by atoms with Gasteiger partial charge < -0.3 is 5.32 Å². The van der Waals surface area contributed by atoms with E-state index in [1.54, 1.807) is 4.68 Å². The van der Waals surface area contributed by atoms with Crippen LogP contribution in [0.15, 0.2) is 42.0 Å². The Balaban J connectivity index is 1.41. The average molecular weight is 413 g/mol. The molecular weight excluding hydrogens is 388 g/mol. The molecule has 0 unspecified atom stereocenters. The third kappa shape index (κ3) is 4.70. The quantitative estimate of drug-likeness (QED) is 0.730. The molecule has 0 fully saturated rings. The van der Waals surface area contributed by atoms with Crippen molar-refractivity contribution in [2.45, 2.75) is 45.1 Å². The third-order valence-corrected chi connectivity index (χ3v) is 5.72. The van der Waals surface area contributed by atoms with Crippen LogP contribution in [0.5, 0.6) is 0 Å². The van der Waals surface area contributed by atoms with E-state index in [9.17, 15) is 9.59 Å². The summed E-state index contributed by atoms with van der Waals surface area (Å²) in [6.07, 6.45) is 8.30. The van der Waals surface area contributed by atoms with E-state index < -0.39 is 0 Å². The Morgan fingerprint density at radius 2 is 2.00 bits per heavy atom. The maximum absolute atomic E-state index is 12.5. The molecule has 152 valence electrons. The van der Waals surface area contributed by atoms with Crippen molar-refractivity contribution in [1.82, 2.24) is 15.1 Å². The van der Waals surface area contributed by atoms with Gasteiger partial charge in [-0.1, -0.05) is 35.4 Å². The molecule has 2 aliphatic rings. The highest BCUT2D eigenvalue weighted by atomic mass is 35.5. The first-order chi connectivity index (χ1) is 14.1. The number of fused-ring (bicyclic) bond motifs is 1. The van der Waals surface area contributed by atoms with Crippen molar-refractivity contribution < 1.29 is 9.59 Å². The molecule has 6 nitrogen and oxygen atoms in total. The SMILES string of the molecule is O=C(CN1C(=O)CCn2nc(-c3ccc(Cl)cc3)cc21)NCCC1=CCCCC1. The molecule has 29 heavy (non-hydrogen) atoms. The smallest absolute Gasteiger partial charge is 0.240 e. The topological polar surface area (TPSA) is 67.2 Å². The van der Waals surface area contributed by atoms with E-state index in [0.717, 1.165) is 30.5 Å². The lowest BCUT2D eigenvalue weighted by molar-refractivity contribution is -0.124. The number of hydrogen-bond donors (Lipinski definition) is 1. The third-order valence-electron chi connectivity index (χ3n) is 5.47. The summed E-state index contributed by atoms with van der Waals surface area (Å²) < 4.78 is 1.80. The summed E-state index contributed by atoms with van der Waals surface area (Å²) in [5, 5.41) is 8.22. The van der Waals surface area contributed by atoms with Gasteiger partial charge in [-0.05, 0) is 44.2 Å². The predicted octanol–water partition coefficient (Wildman–Crippen LogP) is 3.95. The summed E-state index contributed by atoms with van der Waals surface area (Å²) in [6.45, 7) is 1.15. The minimum absolute atomic E-state index is 0.0175. The number of halogens is 1. The molecule has 4 rings (SSSR count). The lowest BCUT2D eigenvalue weighted by atomic mass is 9.97. The van der Waals surface area contributed by atoms with Gasteiger partial charge in [-0.25, -0.2) is 4.68 Å². The average Bonchev–Trinajstić information content (AvgIpc) is 3.16. The van der Waals surface area contributed by atoms with Gasteiger partial charge in [0.2, 0.25) is 11.8 Å². The summed E-state index contributed by atoms with van der Waals surface area (Å²) in [5.41, 5.74) is 3.12. The molecule has 0 spiro atoms. The summed E-state index contributed by atoms with van der Waals surface area (Å²) in [4.78, 5) is 26.5. The fraction of sp³-hybridized carbons (Fsp3) is 0.409. The molecule has 0 saturated carbocycles. The van der Waals surface area contributed by atoms with Gasteiger partial charge in [0.25, 0.3) is 0 Å². The first-order valence-corrected chi connectivity index (χ1v) is 10.6. The van der Waals surface area contributed by atoms with Gasteiger partial charge in [-0.15, -0.1) is 0 Å². The first kappa shape index (κ1) is 19.7. The van der Waals surface area contributed by atoms with E-state index in [4.69, 9.17) is 11.6 Å². The van der Waals surface area contributed by atoms with Gasteiger partial charge in [-0.3, -0.25) is 14.5 Å². The van der Waals surface area contributed by atoms with Crippen LogP contribution in [0.4, 0.5) is 5.82 Å². The summed E-state index contributed by atoms with van der Waals surface area (Å²) >= 11 is 5.96. The van der Waals surface area contributed by atoms with E-state index in [0.29, 0.717) is 30.4 Å². The van der Waals surface area contributed by atoms with Crippen molar-refractivity contribution in [2.24, 2.45) is 0 Å². The Labute approximate surface area is 175 Å². The molecule has 0 radical (unpaired) electrons. The van der Waals surface area contributed by atoms with Crippen molar-refractivity contribution in [1.29, 1.82) is 0 Å². The largest absolute Gasteiger partial charge is 0.354 e. The van der Waals surface area contributed by atoms with Gasteiger partial charge >= 0.3 is 0 Å². The Bertz CT molecular complexity index is 933. The van der Waals surface area contributed by atoms with Crippen molar-refractivity contribution in [2.75, 3.05) is 18.0 Å². The molecule has 1 aliphatic carbocycles. The summed E-state index contributed by atoms with van der Waals surface area (Å²) in [6, 6.07) is 9.28. The number of carbonyl (C=O) groups excluding carboxylic acids is 2. The number of amides is 2. The van der Waals surface area contributed by atoms with Crippen LogP contribution >= 0.6 is 11.6 Å². The monoisotopic (exact) mass is 412 g/mol. The van der Waals surface area contributed by atoms with Crippen LogP contribution in [-0.2, 0) is 16.1 Å². The molecular formula is C22H25ClN4O2. The Morgan fingerprint density at radius 3 is 2.76 bits per heavy atom. The number of nitrogens with one attached hydrogen (secondary N) is 1. The standard InChI is InChI=1S/C22H25ClN4O2/c23-18-8-6-17(7-9-18)19-14-21-26(22(29)11-13-27(21)25-19)15-20(28)24-12-10-16-4-2-1-3-5-16/h4,6-9,14H,1-3,5,10-13,15H2,(H,24,28). The molecule has 0 saturated heterocycles. The van der Waals surface area contributed by atoms with Crippen LogP contribution in [0.25, 0.3) is 11.3 Å². The maximum atomic E-state index is 12.5. The van der Waals surface area contributed by atoms with Crippen molar-refractivity contribution in [3.63, 3.8) is 0 Å². The molecule has 7 heteroatoms. The Kier molecular flexibility index (Phi) is 6.00. The van der Waals surface area contributed by atoms with Gasteiger partial charge in [0.05, 0.1) is 12.2 Å². The molecule has 1 N–H and O–H groups in total. The molecule has 1 aromatic heterocycles. The Morgan fingerprint density at radius 1 is 1.17 bits per heavy atom. The molecule has 2 amide bonds. The normalized spacial score (nSPS) is 16.4. The first-order valence-electron chi connectivity index (χ1n) is 10.2. The number of benzene rings is 1. The van der Waals surface area contributed by atoms with Gasteiger partial charge in [0.1, 0.15) is 12.4 Å². The number of aryl methyl sites for hydroxylation is 1. The number of aromatic nitrogens is 2. The number of hydrogen-bond acceptors (Lipinski definition) is 3. The molecule has 1 aromatic carbocycles. The maximum Gasteiger partial charge on any atom is 0.240 e. The van der Waals surface area contributed by atoms with Crippen LogP contribution < -0.4 is 10.2 Å². The lowest BCUT2D eigenvalue weighted by Gasteiger charge is -2.26. The van der Waals surface area contributed by atoms with Crippen LogP contribution in [0.3, 0.4) is 0 Å².